The smallest absolute Gasteiger partial charge is 0.335 e. The van der Waals surface area contributed by atoms with Crippen LogP contribution in [0.1, 0.15) is 48.5 Å². The van der Waals surface area contributed by atoms with Gasteiger partial charge in [-0.15, -0.1) is 0 Å². The number of aromatic carboxylic acids is 1. The van der Waals surface area contributed by atoms with E-state index in [9.17, 15) is 14.4 Å². The number of carbonyl (C=O) groups is 3. The van der Waals surface area contributed by atoms with E-state index in [-0.39, 0.29) is 17.5 Å². The summed E-state index contributed by atoms with van der Waals surface area (Å²) in [5, 5.41) is 15.2. The summed E-state index contributed by atoms with van der Waals surface area (Å²) in [6, 6.07) is 18.6. The van der Waals surface area contributed by atoms with Gasteiger partial charge < -0.3 is 20.6 Å². The molecule has 0 aromatic heterocycles. The third-order valence-electron chi connectivity index (χ3n) is 6.32. The molecule has 0 aliphatic carbocycles. The summed E-state index contributed by atoms with van der Waals surface area (Å²) in [4.78, 5) is 38.6. The minimum absolute atomic E-state index is 0.116. The second-order valence-electron chi connectivity index (χ2n) is 9.12. The van der Waals surface area contributed by atoms with Crippen LogP contribution < -0.4 is 10.6 Å². The fraction of sp³-hybridized carbons (Fsp3) is 0.250. The van der Waals surface area contributed by atoms with Crippen LogP contribution in [0.15, 0.2) is 66.7 Å². The van der Waals surface area contributed by atoms with Crippen LogP contribution in [-0.4, -0.2) is 40.5 Å². The lowest BCUT2D eigenvalue weighted by molar-refractivity contribution is -0.119. The number of benzene rings is 3. The molecule has 8 heteroatoms. The van der Waals surface area contributed by atoms with Crippen molar-refractivity contribution in [2.75, 3.05) is 17.2 Å². The van der Waals surface area contributed by atoms with Crippen LogP contribution in [0.3, 0.4) is 0 Å². The maximum absolute atomic E-state index is 13.0. The van der Waals surface area contributed by atoms with Gasteiger partial charge in [0.1, 0.15) is 6.04 Å². The Labute approximate surface area is 215 Å². The zero-order valence-corrected chi connectivity index (χ0v) is 20.9. The van der Waals surface area contributed by atoms with E-state index in [0.717, 1.165) is 12.0 Å². The second-order valence-corrected chi connectivity index (χ2v) is 9.53. The van der Waals surface area contributed by atoms with Crippen LogP contribution in [0.5, 0.6) is 0 Å². The van der Waals surface area contributed by atoms with E-state index in [2.05, 4.69) is 24.5 Å². The van der Waals surface area contributed by atoms with Gasteiger partial charge in [0.25, 0.3) is 0 Å². The summed E-state index contributed by atoms with van der Waals surface area (Å²) in [5.74, 6) is -0.875. The van der Waals surface area contributed by atoms with E-state index < -0.39 is 12.0 Å². The average Bonchev–Trinajstić information content (AvgIpc) is 3.35. The van der Waals surface area contributed by atoms with E-state index >= 15 is 0 Å². The molecule has 0 unspecified atom stereocenters. The number of likely N-dealkylation sites (tertiary alicyclic amines) is 1. The Kier molecular flexibility index (Phi) is 7.60. The molecule has 0 saturated carbocycles. The molecular weight excluding hydrogens is 478 g/mol. The molecule has 0 spiro atoms. The molecule has 0 radical (unpaired) electrons. The molecule has 1 fully saturated rings. The van der Waals surface area contributed by atoms with Crippen molar-refractivity contribution >= 4 is 40.9 Å². The molecule has 1 aliphatic rings. The van der Waals surface area contributed by atoms with Crippen LogP contribution in [0.25, 0.3) is 11.1 Å². The maximum Gasteiger partial charge on any atom is 0.335 e. The fourth-order valence-corrected chi connectivity index (χ4v) is 4.56. The van der Waals surface area contributed by atoms with E-state index in [0.29, 0.717) is 40.8 Å². The minimum Gasteiger partial charge on any atom is -0.478 e. The first-order chi connectivity index (χ1) is 17.2. The lowest BCUT2D eigenvalue weighted by atomic mass is 10.0. The van der Waals surface area contributed by atoms with Crippen LogP contribution in [-0.2, 0) is 4.79 Å². The van der Waals surface area contributed by atoms with E-state index in [1.165, 1.54) is 17.7 Å². The van der Waals surface area contributed by atoms with Crippen molar-refractivity contribution in [3.05, 3.63) is 82.9 Å². The Morgan fingerprint density at radius 3 is 2.19 bits per heavy atom. The molecule has 186 valence electrons. The summed E-state index contributed by atoms with van der Waals surface area (Å²) in [7, 11) is 0. The van der Waals surface area contributed by atoms with Gasteiger partial charge in [0.05, 0.1) is 5.56 Å². The molecular formula is C28H28ClN3O4. The van der Waals surface area contributed by atoms with Crippen molar-refractivity contribution in [1.29, 1.82) is 0 Å². The van der Waals surface area contributed by atoms with Gasteiger partial charge in [-0.05, 0) is 66.3 Å². The molecule has 3 N–H and O–H groups in total. The van der Waals surface area contributed by atoms with Crippen LogP contribution in [0.2, 0.25) is 5.02 Å². The quantitative estimate of drug-likeness (QED) is 0.358. The molecule has 3 aromatic carbocycles. The summed E-state index contributed by atoms with van der Waals surface area (Å²) in [5.41, 5.74) is 4.09. The Balaban J connectivity index is 1.39. The molecule has 1 saturated heterocycles. The third kappa shape index (κ3) is 5.69. The van der Waals surface area contributed by atoms with Crippen molar-refractivity contribution in [3.63, 3.8) is 0 Å². The van der Waals surface area contributed by atoms with Crippen molar-refractivity contribution in [1.82, 2.24) is 4.90 Å². The van der Waals surface area contributed by atoms with Gasteiger partial charge in [-0.2, -0.15) is 0 Å². The normalized spacial score (nSPS) is 15.1. The number of nitrogens with one attached hydrogen (secondary N) is 2. The predicted octanol–water partition coefficient (Wildman–Crippen LogP) is 6.46. The number of urea groups is 1. The summed E-state index contributed by atoms with van der Waals surface area (Å²) >= 11 is 6.27. The fourth-order valence-electron chi connectivity index (χ4n) is 4.27. The number of hydrogen-bond acceptors (Lipinski definition) is 3. The summed E-state index contributed by atoms with van der Waals surface area (Å²) in [6.07, 6.45) is 1.34. The van der Waals surface area contributed by atoms with Gasteiger partial charge in [-0.3, -0.25) is 4.79 Å². The molecule has 4 rings (SSSR count). The van der Waals surface area contributed by atoms with Gasteiger partial charge in [-0.25, -0.2) is 9.59 Å². The van der Waals surface area contributed by atoms with E-state index in [1.54, 1.807) is 35.2 Å². The number of carboxylic acid groups (broad SMARTS) is 1. The second kappa shape index (κ2) is 10.8. The maximum atomic E-state index is 13.0. The monoisotopic (exact) mass is 505 g/mol. The van der Waals surface area contributed by atoms with Crippen molar-refractivity contribution in [2.45, 2.75) is 38.6 Å². The predicted molar refractivity (Wildman–Crippen MR) is 142 cm³/mol. The van der Waals surface area contributed by atoms with Gasteiger partial charge in [0.2, 0.25) is 5.91 Å². The first-order valence-electron chi connectivity index (χ1n) is 11.8. The molecule has 1 aliphatic heterocycles. The highest BCUT2D eigenvalue weighted by Gasteiger charge is 2.34. The minimum atomic E-state index is -1.04. The zero-order valence-electron chi connectivity index (χ0n) is 20.1. The average molecular weight is 506 g/mol. The lowest BCUT2D eigenvalue weighted by Crippen LogP contribution is -2.45. The number of nitrogens with zero attached hydrogens (tertiary/aromatic N) is 1. The SMILES string of the molecule is CC(C)c1ccc(NC(=O)N2CCC[C@@H]2C(=O)Nc2ccc(-c3ccc(C(=O)O)cc3Cl)cc2)cc1. The number of hydrogen-bond donors (Lipinski definition) is 3. The molecule has 1 atom stereocenters. The molecule has 7 nitrogen and oxygen atoms in total. The Morgan fingerprint density at radius 1 is 0.944 bits per heavy atom. The number of amides is 3. The highest BCUT2D eigenvalue weighted by atomic mass is 35.5. The number of carbonyl (C=O) groups excluding carboxylic acids is 2. The largest absolute Gasteiger partial charge is 0.478 e. The standard InChI is InChI=1S/C28H28ClN3O4/c1-17(2)18-5-10-22(11-6-18)31-28(36)32-15-3-4-25(32)26(33)30-21-12-7-19(8-13-21)23-14-9-20(27(34)35)16-24(23)29/h5-14,16-17,25H,3-4,15H2,1-2H3,(H,30,33)(H,31,36)(H,34,35)/t25-/m1/s1. The number of carboxylic acids is 1. The summed E-state index contributed by atoms with van der Waals surface area (Å²) < 4.78 is 0. The van der Waals surface area contributed by atoms with Crippen LogP contribution in [0, 0.1) is 0 Å². The van der Waals surface area contributed by atoms with Gasteiger partial charge >= 0.3 is 12.0 Å². The third-order valence-corrected chi connectivity index (χ3v) is 6.64. The molecule has 0 bridgehead atoms. The number of halogens is 1. The number of anilines is 2. The van der Waals surface area contributed by atoms with Gasteiger partial charge in [-0.1, -0.05) is 55.8 Å². The molecule has 3 aromatic rings. The van der Waals surface area contributed by atoms with Crippen molar-refractivity contribution in [2.24, 2.45) is 0 Å². The molecule has 1 heterocycles. The highest BCUT2D eigenvalue weighted by molar-refractivity contribution is 6.33. The molecule has 3 amide bonds. The van der Waals surface area contributed by atoms with Gasteiger partial charge in [0.15, 0.2) is 0 Å². The first kappa shape index (κ1) is 25.3. The van der Waals surface area contributed by atoms with E-state index in [1.807, 2.05) is 24.3 Å². The van der Waals surface area contributed by atoms with E-state index in [4.69, 9.17) is 16.7 Å². The highest BCUT2D eigenvalue weighted by Crippen LogP contribution is 2.30. The van der Waals surface area contributed by atoms with Gasteiger partial charge in [0, 0.05) is 28.5 Å². The molecule has 36 heavy (non-hydrogen) atoms. The Morgan fingerprint density at radius 2 is 1.58 bits per heavy atom. The lowest BCUT2D eigenvalue weighted by Gasteiger charge is -2.24. The van der Waals surface area contributed by atoms with Crippen LogP contribution in [0.4, 0.5) is 16.2 Å². The van der Waals surface area contributed by atoms with Crippen LogP contribution >= 0.6 is 11.6 Å². The summed E-state index contributed by atoms with van der Waals surface area (Å²) in [6.45, 7) is 4.74. The topological polar surface area (TPSA) is 98.7 Å². The Bertz CT molecular complexity index is 1270. The Hall–Kier alpha value is -3.84. The van der Waals surface area contributed by atoms with Crippen molar-refractivity contribution in [3.8, 4) is 11.1 Å². The number of rotatable bonds is 6. The first-order valence-corrected chi connectivity index (χ1v) is 12.2. The van der Waals surface area contributed by atoms with Crippen molar-refractivity contribution < 1.29 is 19.5 Å². The zero-order chi connectivity index (χ0) is 25.8.